The van der Waals surface area contributed by atoms with Crippen LogP contribution >= 0.6 is 0 Å². The first-order valence-electron chi connectivity index (χ1n) is 10.5. The Kier molecular flexibility index (Phi) is 7.43. The third kappa shape index (κ3) is 6.09. The molecule has 0 bridgehead atoms. The van der Waals surface area contributed by atoms with E-state index in [4.69, 9.17) is 8.92 Å². The molecule has 2 aromatic carbocycles. The SMILES string of the molecule is Cc1ccc(S(=O)(=O)OCCOc2ccc3[se]c(/C=C/c4cnc(N(C)C)nc4)nc3c2)cc1. The molecule has 0 aliphatic heterocycles. The summed E-state index contributed by atoms with van der Waals surface area (Å²) in [6, 6.07) is 12.3. The first-order valence-corrected chi connectivity index (χ1v) is 13.6. The van der Waals surface area contributed by atoms with E-state index < -0.39 is 10.1 Å². The van der Waals surface area contributed by atoms with Crippen molar-refractivity contribution in [3.05, 3.63) is 70.6 Å². The summed E-state index contributed by atoms with van der Waals surface area (Å²) in [4.78, 5) is 15.3. The van der Waals surface area contributed by atoms with Crippen LogP contribution in [-0.4, -0.2) is 65.2 Å². The van der Waals surface area contributed by atoms with Crippen molar-refractivity contribution >= 4 is 52.5 Å². The number of anilines is 1. The van der Waals surface area contributed by atoms with Crippen molar-refractivity contribution in [2.45, 2.75) is 11.8 Å². The van der Waals surface area contributed by atoms with Gasteiger partial charge in [0.25, 0.3) is 0 Å². The van der Waals surface area contributed by atoms with Gasteiger partial charge in [0, 0.05) is 0 Å². The summed E-state index contributed by atoms with van der Waals surface area (Å²) in [7, 11) is -0.00459. The van der Waals surface area contributed by atoms with Crippen LogP contribution in [0.15, 0.2) is 59.8 Å². The Morgan fingerprint density at radius 1 is 1.00 bits per heavy atom. The Morgan fingerprint density at radius 3 is 2.44 bits per heavy atom. The average Bonchev–Trinajstić information content (AvgIpc) is 3.23. The van der Waals surface area contributed by atoms with Crippen molar-refractivity contribution < 1.29 is 17.3 Å². The van der Waals surface area contributed by atoms with Gasteiger partial charge in [0.1, 0.15) is 0 Å². The van der Waals surface area contributed by atoms with Gasteiger partial charge in [-0.15, -0.1) is 0 Å². The zero-order chi connectivity index (χ0) is 24.1. The molecule has 10 heteroatoms. The minimum atomic E-state index is -3.80. The van der Waals surface area contributed by atoms with Gasteiger partial charge in [-0.25, -0.2) is 0 Å². The third-order valence-electron chi connectivity index (χ3n) is 4.75. The van der Waals surface area contributed by atoms with Crippen LogP contribution in [0.25, 0.3) is 21.9 Å². The molecular formula is C24H24N4O4SSe. The molecule has 0 N–H and O–H groups in total. The van der Waals surface area contributed by atoms with Crippen molar-refractivity contribution in [3.8, 4) is 5.75 Å². The number of ether oxygens (including phenoxy) is 1. The molecule has 2 heterocycles. The van der Waals surface area contributed by atoms with E-state index >= 15 is 0 Å². The fourth-order valence-electron chi connectivity index (χ4n) is 2.98. The Morgan fingerprint density at radius 2 is 1.74 bits per heavy atom. The van der Waals surface area contributed by atoms with Gasteiger partial charge in [0.05, 0.1) is 0 Å². The third-order valence-corrected chi connectivity index (χ3v) is 8.18. The second kappa shape index (κ2) is 10.5. The quantitative estimate of drug-likeness (QED) is 0.180. The molecule has 0 saturated carbocycles. The predicted molar refractivity (Wildman–Crippen MR) is 134 cm³/mol. The fourth-order valence-corrected chi connectivity index (χ4v) is 5.66. The van der Waals surface area contributed by atoms with Gasteiger partial charge in [-0.05, 0) is 6.92 Å². The maximum absolute atomic E-state index is 12.2. The monoisotopic (exact) mass is 544 g/mol. The topological polar surface area (TPSA) is 94.5 Å². The second-order valence-electron chi connectivity index (χ2n) is 7.66. The van der Waals surface area contributed by atoms with Crippen molar-refractivity contribution in [2.24, 2.45) is 0 Å². The van der Waals surface area contributed by atoms with E-state index in [1.54, 1.807) is 24.5 Å². The number of hydrogen-bond donors (Lipinski definition) is 0. The number of rotatable bonds is 9. The molecule has 0 aliphatic carbocycles. The molecule has 0 unspecified atom stereocenters. The first kappa shape index (κ1) is 24.1. The van der Waals surface area contributed by atoms with Gasteiger partial charge in [-0.1, -0.05) is 5.56 Å². The Labute approximate surface area is 204 Å². The summed E-state index contributed by atoms with van der Waals surface area (Å²) in [6.45, 7) is 1.92. The molecule has 0 atom stereocenters. The van der Waals surface area contributed by atoms with Crippen LogP contribution in [0.2, 0.25) is 0 Å². The van der Waals surface area contributed by atoms with Crippen molar-refractivity contribution in [1.82, 2.24) is 15.0 Å². The van der Waals surface area contributed by atoms with Crippen molar-refractivity contribution in [2.75, 3.05) is 32.2 Å². The van der Waals surface area contributed by atoms with E-state index in [0.29, 0.717) is 11.7 Å². The van der Waals surface area contributed by atoms with E-state index in [9.17, 15) is 8.42 Å². The molecule has 0 amide bonds. The number of aromatic nitrogens is 3. The minimum absolute atomic E-state index is 0.0802. The van der Waals surface area contributed by atoms with Gasteiger partial charge < -0.3 is 0 Å². The van der Waals surface area contributed by atoms with E-state index in [2.05, 4.69) is 15.0 Å². The van der Waals surface area contributed by atoms with Gasteiger partial charge in [0.15, 0.2) is 0 Å². The van der Waals surface area contributed by atoms with E-state index in [1.807, 2.05) is 56.3 Å². The summed E-state index contributed by atoms with van der Waals surface area (Å²) in [5.41, 5.74) is 2.75. The predicted octanol–water partition coefficient (Wildman–Crippen LogP) is 3.41. The average molecular weight is 544 g/mol. The summed E-state index contributed by atoms with van der Waals surface area (Å²) in [5, 5.41) is 0. The molecular weight excluding hydrogens is 519 g/mol. The Hall–Kier alpha value is -3.04. The normalized spacial score (nSPS) is 11.9. The summed E-state index contributed by atoms with van der Waals surface area (Å²) in [6.07, 6.45) is 7.50. The molecule has 8 nitrogen and oxygen atoms in total. The van der Waals surface area contributed by atoms with Gasteiger partial charge >= 0.3 is 193 Å². The molecule has 0 saturated heterocycles. The van der Waals surface area contributed by atoms with E-state index in [0.717, 1.165) is 25.5 Å². The second-order valence-corrected chi connectivity index (χ2v) is 11.5. The molecule has 0 radical (unpaired) electrons. The number of nitrogens with zero attached hydrogens (tertiary/aromatic N) is 4. The maximum atomic E-state index is 12.2. The fraction of sp³-hybridized carbons (Fsp3) is 0.208. The van der Waals surface area contributed by atoms with Crippen LogP contribution in [0.4, 0.5) is 5.95 Å². The van der Waals surface area contributed by atoms with Gasteiger partial charge in [0.2, 0.25) is 0 Å². The summed E-state index contributed by atoms with van der Waals surface area (Å²) in [5.74, 6) is 1.28. The molecule has 4 aromatic rings. The number of hydrogen-bond acceptors (Lipinski definition) is 8. The standard InChI is InChI=1S/C24H24N4O4SSe/c1-17-4-8-20(9-5-17)33(29,30)32-13-12-31-19-7-10-22-21(14-19)27-23(34-22)11-6-18-15-25-24(26-16-18)28(2)3/h4-11,14-16H,12-13H2,1-3H3/b11-6+. The van der Waals surface area contributed by atoms with Crippen LogP contribution in [0.5, 0.6) is 5.75 Å². The van der Waals surface area contributed by atoms with E-state index in [-0.39, 0.29) is 32.6 Å². The van der Waals surface area contributed by atoms with Gasteiger partial charge in [-0.2, -0.15) is 0 Å². The zero-order valence-electron chi connectivity index (χ0n) is 19.0. The van der Waals surface area contributed by atoms with Crippen molar-refractivity contribution in [3.63, 3.8) is 0 Å². The van der Waals surface area contributed by atoms with Crippen LogP contribution in [-0.2, 0) is 14.3 Å². The zero-order valence-corrected chi connectivity index (χ0v) is 21.5. The van der Waals surface area contributed by atoms with Crippen LogP contribution < -0.4 is 9.64 Å². The molecule has 2 aromatic heterocycles. The Balaban J connectivity index is 1.34. The number of aryl methyl sites for hydroxylation is 1. The van der Waals surface area contributed by atoms with Crippen LogP contribution in [0, 0.1) is 6.92 Å². The molecule has 4 rings (SSSR count). The van der Waals surface area contributed by atoms with Crippen molar-refractivity contribution in [1.29, 1.82) is 0 Å². The summed E-state index contributed by atoms with van der Waals surface area (Å²) < 4.78 is 37.4. The molecule has 0 spiro atoms. The molecule has 176 valence electrons. The number of fused-ring (bicyclic) bond motifs is 1. The van der Waals surface area contributed by atoms with Crippen LogP contribution in [0.3, 0.4) is 0 Å². The molecule has 34 heavy (non-hydrogen) atoms. The molecule has 0 aliphatic rings. The molecule has 0 fully saturated rings. The van der Waals surface area contributed by atoms with E-state index in [1.165, 1.54) is 12.1 Å². The van der Waals surface area contributed by atoms with Gasteiger partial charge in [-0.3, -0.25) is 0 Å². The summed E-state index contributed by atoms with van der Waals surface area (Å²) >= 11 is 0.0972. The first-order chi connectivity index (χ1) is 16.3. The van der Waals surface area contributed by atoms with Crippen LogP contribution in [0.1, 0.15) is 15.7 Å². The Bertz CT molecular complexity index is 1400. The number of benzene rings is 2.